The van der Waals surface area contributed by atoms with Gasteiger partial charge in [-0.05, 0) is 20.3 Å². The first-order valence-corrected chi connectivity index (χ1v) is 5.71. The summed E-state index contributed by atoms with van der Waals surface area (Å²) < 4.78 is 10.7. The normalized spacial score (nSPS) is 11.5. The van der Waals surface area contributed by atoms with Crippen LogP contribution >= 0.6 is 0 Å². The average Bonchev–Trinajstić information content (AvgIpc) is 2.26. The molecule has 3 N–H and O–H groups in total. The molecule has 0 aliphatic carbocycles. The van der Waals surface area contributed by atoms with Crippen LogP contribution in [0, 0.1) is 5.41 Å². The van der Waals surface area contributed by atoms with Gasteiger partial charge in [0.15, 0.2) is 0 Å². The summed E-state index contributed by atoms with van der Waals surface area (Å²) in [4.78, 5) is 11.3. The molecule has 0 aromatic rings. The standard InChI is InChI=1S/C11H24N2O3/c1-4-5-6-15-7-8-16-9-11(2,3)10(14)13-12/h4-9,12H2,1-3H3,(H,13,14). The number of carbonyl (C=O) groups is 1. The van der Waals surface area contributed by atoms with Gasteiger partial charge in [0.25, 0.3) is 0 Å². The van der Waals surface area contributed by atoms with Gasteiger partial charge in [0.05, 0.1) is 25.2 Å². The molecule has 0 saturated heterocycles. The van der Waals surface area contributed by atoms with Gasteiger partial charge in [-0.2, -0.15) is 0 Å². The highest BCUT2D eigenvalue weighted by Crippen LogP contribution is 2.14. The van der Waals surface area contributed by atoms with Crippen LogP contribution in [-0.4, -0.2) is 32.3 Å². The van der Waals surface area contributed by atoms with E-state index in [1.165, 1.54) is 0 Å². The van der Waals surface area contributed by atoms with E-state index in [1.54, 1.807) is 13.8 Å². The topological polar surface area (TPSA) is 73.6 Å². The van der Waals surface area contributed by atoms with Crippen molar-refractivity contribution in [1.82, 2.24) is 5.43 Å². The van der Waals surface area contributed by atoms with Gasteiger partial charge in [-0.1, -0.05) is 13.3 Å². The summed E-state index contributed by atoms with van der Waals surface area (Å²) in [7, 11) is 0. The van der Waals surface area contributed by atoms with Gasteiger partial charge < -0.3 is 9.47 Å². The Kier molecular flexibility index (Phi) is 8.15. The lowest BCUT2D eigenvalue weighted by Gasteiger charge is -2.21. The third-order valence-electron chi connectivity index (χ3n) is 2.22. The summed E-state index contributed by atoms with van der Waals surface area (Å²) in [6.45, 7) is 7.87. The van der Waals surface area contributed by atoms with Gasteiger partial charge in [0.1, 0.15) is 0 Å². The maximum atomic E-state index is 11.3. The molecule has 5 heteroatoms. The number of hydrazine groups is 1. The maximum absolute atomic E-state index is 11.3. The molecule has 0 aromatic heterocycles. The van der Waals surface area contributed by atoms with Gasteiger partial charge in [0.2, 0.25) is 5.91 Å². The van der Waals surface area contributed by atoms with Crippen LogP contribution in [0.15, 0.2) is 0 Å². The fraction of sp³-hybridized carbons (Fsp3) is 0.909. The summed E-state index contributed by atoms with van der Waals surface area (Å²) in [5.74, 6) is 4.84. The largest absolute Gasteiger partial charge is 0.379 e. The van der Waals surface area contributed by atoms with Crippen molar-refractivity contribution in [1.29, 1.82) is 0 Å². The van der Waals surface area contributed by atoms with Crippen molar-refractivity contribution in [2.45, 2.75) is 33.6 Å². The molecule has 16 heavy (non-hydrogen) atoms. The number of carbonyl (C=O) groups excluding carboxylic acids is 1. The summed E-state index contributed by atoms with van der Waals surface area (Å²) in [5, 5.41) is 0. The van der Waals surface area contributed by atoms with Crippen LogP contribution in [0.2, 0.25) is 0 Å². The first-order valence-electron chi connectivity index (χ1n) is 5.71. The van der Waals surface area contributed by atoms with Gasteiger partial charge >= 0.3 is 0 Å². The van der Waals surface area contributed by atoms with Crippen molar-refractivity contribution in [2.24, 2.45) is 11.3 Å². The molecule has 0 atom stereocenters. The number of unbranched alkanes of at least 4 members (excludes halogenated alkanes) is 1. The minimum atomic E-state index is -0.599. The molecule has 0 saturated carbocycles. The van der Waals surface area contributed by atoms with Crippen molar-refractivity contribution >= 4 is 5.91 Å². The number of nitrogens with one attached hydrogen (secondary N) is 1. The van der Waals surface area contributed by atoms with E-state index in [-0.39, 0.29) is 5.91 Å². The predicted octanol–water partition coefficient (Wildman–Crippen LogP) is 0.836. The molecule has 0 unspecified atom stereocenters. The Bertz CT molecular complexity index is 196. The molecule has 0 radical (unpaired) electrons. The average molecular weight is 232 g/mol. The highest BCUT2D eigenvalue weighted by Gasteiger charge is 2.26. The van der Waals surface area contributed by atoms with E-state index in [0.29, 0.717) is 19.8 Å². The third-order valence-corrected chi connectivity index (χ3v) is 2.22. The number of hydrogen-bond acceptors (Lipinski definition) is 4. The molecule has 1 amide bonds. The molecule has 0 aliphatic rings. The van der Waals surface area contributed by atoms with Crippen LogP contribution < -0.4 is 11.3 Å². The number of amides is 1. The molecular weight excluding hydrogens is 208 g/mol. The van der Waals surface area contributed by atoms with Gasteiger partial charge in [-0.15, -0.1) is 0 Å². The molecule has 0 bridgehead atoms. The minimum absolute atomic E-state index is 0.223. The molecule has 0 fully saturated rings. The molecule has 0 spiro atoms. The molecule has 0 heterocycles. The van der Waals surface area contributed by atoms with E-state index in [9.17, 15) is 4.79 Å². The second-order valence-electron chi connectivity index (χ2n) is 4.38. The highest BCUT2D eigenvalue weighted by atomic mass is 16.5. The number of ether oxygens (including phenoxy) is 2. The number of hydrogen-bond donors (Lipinski definition) is 2. The molecule has 0 rings (SSSR count). The second kappa shape index (κ2) is 8.50. The lowest BCUT2D eigenvalue weighted by atomic mass is 9.94. The monoisotopic (exact) mass is 232 g/mol. The van der Waals surface area contributed by atoms with Crippen molar-refractivity contribution in [2.75, 3.05) is 26.4 Å². The Labute approximate surface area is 97.6 Å². The number of nitrogens with two attached hydrogens (primary N) is 1. The summed E-state index contributed by atoms with van der Waals surface area (Å²) in [6, 6.07) is 0. The second-order valence-corrected chi connectivity index (χ2v) is 4.38. The van der Waals surface area contributed by atoms with Crippen molar-refractivity contribution in [3.8, 4) is 0 Å². The van der Waals surface area contributed by atoms with Gasteiger partial charge in [-0.3, -0.25) is 10.2 Å². The van der Waals surface area contributed by atoms with Crippen LogP contribution in [0.5, 0.6) is 0 Å². The zero-order valence-electron chi connectivity index (χ0n) is 10.5. The summed E-state index contributed by atoms with van der Waals surface area (Å²) in [5.41, 5.74) is 1.52. The summed E-state index contributed by atoms with van der Waals surface area (Å²) in [6.07, 6.45) is 2.20. The van der Waals surface area contributed by atoms with Crippen LogP contribution in [0.3, 0.4) is 0 Å². The number of rotatable bonds is 9. The maximum Gasteiger partial charge on any atom is 0.241 e. The molecular formula is C11H24N2O3. The zero-order valence-corrected chi connectivity index (χ0v) is 10.5. The predicted molar refractivity (Wildman–Crippen MR) is 62.7 cm³/mol. The molecule has 0 aliphatic heterocycles. The first-order chi connectivity index (χ1) is 7.54. The van der Waals surface area contributed by atoms with Crippen LogP contribution in [0.1, 0.15) is 33.6 Å². The van der Waals surface area contributed by atoms with Crippen LogP contribution in [0.25, 0.3) is 0 Å². The minimum Gasteiger partial charge on any atom is -0.379 e. The Morgan fingerprint density at radius 3 is 2.44 bits per heavy atom. The van der Waals surface area contributed by atoms with E-state index in [2.05, 4.69) is 12.3 Å². The lowest BCUT2D eigenvalue weighted by molar-refractivity contribution is -0.133. The van der Waals surface area contributed by atoms with Gasteiger partial charge in [0, 0.05) is 6.61 Å². The third kappa shape index (κ3) is 6.76. The van der Waals surface area contributed by atoms with E-state index in [0.717, 1.165) is 19.4 Å². The summed E-state index contributed by atoms with van der Waals surface area (Å²) >= 11 is 0. The zero-order chi connectivity index (χ0) is 12.4. The van der Waals surface area contributed by atoms with Crippen molar-refractivity contribution < 1.29 is 14.3 Å². The van der Waals surface area contributed by atoms with Crippen molar-refractivity contribution in [3.05, 3.63) is 0 Å². The van der Waals surface area contributed by atoms with E-state index < -0.39 is 5.41 Å². The van der Waals surface area contributed by atoms with E-state index in [1.807, 2.05) is 0 Å². The quantitative estimate of drug-likeness (QED) is 0.267. The van der Waals surface area contributed by atoms with Gasteiger partial charge in [-0.25, -0.2) is 5.84 Å². The first kappa shape index (κ1) is 15.3. The molecule has 5 nitrogen and oxygen atoms in total. The van der Waals surface area contributed by atoms with E-state index >= 15 is 0 Å². The SMILES string of the molecule is CCCCOCCOCC(C)(C)C(=O)NN. The van der Waals surface area contributed by atoms with E-state index in [4.69, 9.17) is 15.3 Å². The molecule has 0 aromatic carbocycles. The Balaban J connectivity index is 3.47. The Hall–Kier alpha value is -0.650. The van der Waals surface area contributed by atoms with Crippen molar-refractivity contribution in [3.63, 3.8) is 0 Å². The smallest absolute Gasteiger partial charge is 0.241 e. The molecule has 96 valence electrons. The highest BCUT2D eigenvalue weighted by molar-refractivity contribution is 5.81. The fourth-order valence-corrected chi connectivity index (χ4v) is 1.05. The van der Waals surface area contributed by atoms with Crippen LogP contribution in [-0.2, 0) is 14.3 Å². The Morgan fingerprint density at radius 2 is 1.88 bits per heavy atom. The lowest BCUT2D eigenvalue weighted by Crippen LogP contribution is -2.43. The fourth-order valence-electron chi connectivity index (χ4n) is 1.05. The Morgan fingerprint density at radius 1 is 1.25 bits per heavy atom. The van der Waals surface area contributed by atoms with Crippen LogP contribution in [0.4, 0.5) is 0 Å².